The second-order valence-electron chi connectivity index (χ2n) is 7.67. The minimum atomic E-state index is -0.405. The molecule has 6 nitrogen and oxygen atoms in total. The minimum Gasteiger partial charge on any atom is -0.495 e. The molecule has 5 rings (SSSR count). The maximum atomic E-state index is 12.6. The number of methoxy groups -OCH3 is 1. The Hall–Kier alpha value is -3.88. The molecule has 5 aromatic rings. The van der Waals surface area contributed by atoms with Gasteiger partial charge in [0.15, 0.2) is 5.11 Å². The van der Waals surface area contributed by atoms with Crippen LogP contribution in [0, 0.1) is 0 Å². The van der Waals surface area contributed by atoms with Crippen molar-refractivity contribution in [2.45, 2.75) is 6.92 Å². The van der Waals surface area contributed by atoms with Gasteiger partial charge in [0, 0.05) is 21.7 Å². The van der Waals surface area contributed by atoms with Gasteiger partial charge in [-0.1, -0.05) is 48.5 Å². The molecule has 0 aliphatic carbocycles. The van der Waals surface area contributed by atoms with E-state index in [9.17, 15) is 4.79 Å². The minimum absolute atomic E-state index is 0.284. The van der Waals surface area contributed by atoms with Crippen LogP contribution in [0.2, 0.25) is 0 Å². The summed E-state index contributed by atoms with van der Waals surface area (Å²) in [7, 11) is 1.61. The van der Waals surface area contributed by atoms with Crippen LogP contribution in [0.1, 0.15) is 17.3 Å². The number of fused-ring (bicyclic) bond motifs is 3. The Balaban J connectivity index is 1.45. The highest BCUT2D eigenvalue weighted by Gasteiger charge is 2.20. The van der Waals surface area contributed by atoms with E-state index in [0.717, 1.165) is 26.8 Å². The zero-order valence-corrected chi connectivity index (χ0v) is 20.7. The number of hydrogen-bond donors (Lipinski definition) is 2. The lowest BCUT2D eigenvalue weighted by molar-refractivity contribution is 0.0528. The molecule has 2 N–H and O–H groups in total. The van der Waals surface area contributed by atoms with Gasteiger partial charge in [-0.2, -0.15) is 0 Å². The van der Waals surface area contributed by atoms with Crippen molar-refractivity contribution >= 4 is 67.3 Å². The highest BCUT2D eigenvalue weighted by molar-refractivity contribution is 7.80. The average Bonchev–Trinajstić information content (AvgIpc) is 3.45. The van der Waals surface area contributed by atoms with E-state index in [2.05, 4.69) is 10.6 Å². The number of thiophene rings is 1. The van der Waals surface area contributed by atoms with Crippen LogP contribution in [0.5, 0.6) is 5.75 Å². The molecule has 0 amide bonds. The molecular formula is C27H22N2O4S2. The van der Waals surface area contributed by atoms with Gasteiger partial charge in [-0.3, -0.25) is 0 Å². The summed E-state index contributed by atoms with van der Waals surface area (Å²) in [6.45, 7) is 2.06. The lowest BCUT2D eigenvalue weighted by Crippen LogP contribution is -2.20. The van der Waals surface area contributed by atoms with E-state index >= 15 is 0 Å². The van der Waals surface area contributed by atoms with Crippen LogP contribution in [-0.2, 0) is 4.74 Å². The van der Waals surface area contributed by atoms with Crippen molar-refractivity contribution in [2.75, 3.05) is 24.4 Å². The number of benzene rings is 3. The molecule has 0 saturated carbocycles. The van der Waals surface area contributed by atoms with E-state index in [-0.39, 0.29) is 6.61 Å². The number of esters is 1. The predicted octanol–water partition coefficient (Wildman–Crippen LogP) is 7.31. The van der Waals surface area contributed by atoms with Gasteiger partial charge in [0.2, 0.25) is 0 Å². The highest BCUT2D eigenvalue weighted by atomic mass is 32.1. The van der Waals surface area contributed by atoms with Crippen molar-refractivity contribution in [2.24, 2.45) is 0 Å². The van der Waals surface area contributed by atoms with E-state index < -0.39 is 5.97 Å². The van der Waals surface area contributed by atoms with Crippen LogP contribution in [0.15, 0.2) is 77.2 Å². The Kier molecular flexibility index (Phi) is 6.39. The smallest absolute Gasteiger partial charge is 0.341 e. The molecule has 3 aromatic carbocycles. The second-order valence-corrected chi connectivity index (χ2v) is 9.13. The molecule has 35 heavy (non-hydrogen) atoms. The van der Waals surface area contributed by atoms with E-state index in [1.165, 1.54) is 11.3 Å². The number of para-hydroxylation sites is 1. The molecule has 0 aliphatic rings. The lowest BCUT2D eigenvalue weighted by Gasteiger charge is -2.13. The standard InChI is InChI=1S/C27H22N2O4S2/c1-3-32-26(30)19-14-24(16-9-5-4-6-10-16)35-25(19)29-27(34)28-20-15-22-18(13-23(20)31-2)17-11-7-8-12-21(17)33-22/h4-15H,3H2,1-2H3,(H2,28,29,34). The zero-order chi connectivity index (χ0) is 24.4. The van der Waals surface area contributed by atoms with Gasteiger partial charge in [-0.05, 0) is 42.9 Å². The van der Waals surface area contributed by atoms with Crippen LogP contribution < -0.4 is 15.4 Å². The zero-order valence-electron chi connectivity index (χ0n) is 19.1. The number of furan rings is 1. The number of carbonyl (C=O) groups is 1. The summed E-state index contributed by atoms with van der Waals surface area (Å²) in [6.07, 6.45) is 0. The molecule has 0 unspecified atom stereocenters. The highest BCUT2D eigenvalue weighted by Crippen LogP contribution is 2.38. The lowest BCUT2D eigenvalue weighted by atomic mass is 10.1. The van der Waals surface area contributed by atoms with E-state index in [4.69, 9.17) is 26.1 Å². The van der Waals surface area contributed by atoms with Crippen molar-refractivity contribution in [3.05, 3.63) is 78.4 Å². The first kappa shape index (κ1) is 22.9. The van der Waals surface area contributed by atoms with Crippen LogP contribution in [0.4, 0.5) is 10.7 Å². The number of thiocarbonyl (C=S) groups is 1. The summed E-state index contributed by atoms with van der Waals surface area (Å²) >= 11 is 7.03. The van der Waals surface area contributed by atoms with Crippen molar-refractivity contribution in [3.63, 3.8) is 0 Å². The van der Waals surface area contributed by atoms with Gasteiger partial charge >= 0.3 is 5.97 Å². The second kappa shape index (κ2) is 9.77. The van der Waals surface area contributed by atoms with Crippen LogP contribution in [0.3, 0.4) is 0 Å². The summed E-state index contributed by atoms with van der Waals surface area (Å²) in [5.41, 5.74) is 3.60. The number of hydrogen-bond acceptors (Lipinski definition) is 6. The molecule has 0 radical (unpaired) electrons. The van der Waals surface area contributed by atoms with Crippen LogP contribution in [-0.4, -0.2) is 24.8 Å². The Morgan fingerprint density at radius 1 is 0.971 bits per heavy atom. The van der Waals surface area contributed by atoms with Gasteiger partial charge in [0.25, 0.3) is 0 Å². The quantitative estimate of drug-likeness (QED) is 0.186. The largest absolute Gasteiger partial charge is 0.495 e. The molecule has 0 spiro atoms. The van der Waals surface area contributed by atoms with Crippen molar-refractivity contribution < 1.29 is 18.7 Å². The summed E-state index contributed by atoms with van der Waals surface area (Å²) in [6, 6.07) is 23.3. The number of nitrogens with one attached hydrogen (secondary N) is 2. The van der Waals surface area contributed by atoms with Crippen molar-refractivity contribution in [1.82, 2.24) is 0 Å². The summed E-state index contributed by atoms with van der Waals surface area (Å²) in [5, 5.41) is 9.23. The van der Waals surface area contributed by atoms with Crippen LogP contribution >= 0.6 is 23.6 Å². The van der Waals surface area contributed by atoms with Crippen molar-refractivity contribution in [3.8, 4) is 16.2 Å². The molecular weight excluding hydrogens is 480 g/mol. The first-order valence-corrected chi connectivity index (χ1v) is 12.2. The third kappa shape index (κ3) is 4.58. The normalized spacial score (nSPS) is 10.9. The maximum Gasteiger partial charge on any atom is 0.341 e. The molecule has 2 heterocycles. The fourth-order valence-electron chi connectivity index (χ4n) is 3.86. The Labute approximate surface area is 211 Å². The Morgan fingerprint density at radius 3 is 2.51 bits per heavy atom. The number of carbonyl (C=O) groups excluding carboxylic acids is 1. The molecule has 176 valence electrons. The van der Waals surface area contributed by atoms with Gasteiger partial charge in [0.1, 0.15) is 21.9 Å². The fraction of sp³-hybridized carbons (Fsp3) is 0.111. The summed E-state index contributed by atoms with van der Waals surface area (Å²) < 4.78 is 16.9. The summed E-state index contributed by atoms with van der Waals surface area (Å²) in [4.78, 5) is 13.6. The molecule has 0 fully saturated rings. The van der Waals surface area contributed by atoms with E-state index in [1.54, 1.807) is 14.0 Å². The van der Waals surface area contributed by atoms with Crippen molar-refractivity contribution in [1.29, 1.82) is 0 Å². The summed E-state index contributed by atoms with van der Waals surface area (Å²) in [5.74, 6) is 0.215. The number of anilines is 2. The predicted molar refractivity (Wildman–Crippen MR) is 146 cm³/mol. The molecule has 0 bridgehead atoms. The fourth-order valence-corrected chi connectivity index (χ4v) is 5.20. The van der Waals surface area contributed by atoms with E-state index in [1.807, 2.05) is 72.8 Å². The molecule has 0 saturated heterocycles. The first-order valence-electron chi connectivity index (χ1n) is 11.0. The van der Waals surface area contributed by atoms with Crippen LogP contribution in [0.25, 0.3) is 32.4 Å². The third-order valence-electron chi connectivity index (χ3n) is 5.46. The number of ether oxygens (including phenoxy) is 2. The topological polar surface area (TPSA) is 72.7 Å². The van der Waals surface area contributed by atoms with Gasteiger partial charge in [-0.25, -0.2) is 4.79 Å². The Morgan fingerprint density at radius 2 is 1.74 bits per heavy atom. The maximum absolute atomic E-state index is 12.6. The molecule has 0 aliphatic heterocycles. The molecule has 2 aromatic heterocycles. The SMILES string of the molecule is CCOC(=O)c1cc(-c2ccccc2)sc1NC(=S)Nc1cc2oc3ccccc3c2cc1OC. The van der Waals surface area contributed by atoms with Gasteiger partial charge in [-0.15, -0.1) is 11.3 Å². The Bertz CT molecular complexity index is 1540. The van der Waals surface area contributed by atoms with Gasteiger partial charge in [0.05, 0.1) is 25.0 Å². The average molecular weight is 503 g/mol. The third-order valence-corrected chi connectivity index (χ3v) is 6.76. The molecule has 0 atom stereocenters. The number of rotatable bonds is 6. The van der Waals surface area contributed by atoms with Gasteiger partial charge < -0.3 is 24.5 Å². The van der Waals surface area contributed by atoms with E-state index in [0.29, 0.717) is 32.7 Å². The monoisotopic (exact) mass is 502 g/mol. The first-order chi connectivity index (χ1) is 17.1. The molecule has 8 heteroatoms.